The standard InChI is InChI=1S/C15H16N2O2/c1-19-15(18)14(12-7-8-12)17-10-13(9-16-17)11-5-3-2-4-6-11/h2-6,9-10,12,14H,7-8H2,1H3. The summed E-state index contributed by atoms with van der Waals surface area (Å²) >= 11 is 0. The largest absolute Gasteiger partial charge is 0.467 e. The van der Waals surface area contributed by atoms with Gasteiger partial charge in [-0.1, -0.05) is 30.3 Å². The van der Waals surface area contributed by atoms with Crippen molar-refractivity contribution in [2.45, 2.75) is 18.9 Å². The van der Waals surface area contributed by atoms with Crippen LogP contribution in [0.4, 0.5) is 0 Å². The molecule has 1 aliphatic rings. The molecule has 2 aromatic rings. The number of carbonyl (C=O) groups is 1. The Kier molecular flexibility index (Phi) is 3.07. The van der Waals surface area contributed by atoms with Crippen LogP contribution in [0.1, 0.15) is 18.9 Å². The molecule has 0 bridgehead atoms. The second-order valence-corrected chi connectivity index (χ2v) is 4.88. The molecule has 0 N–H and O–H groups in total. The maximum atomic E-state index is 11.9. The number of hydrogen-bond acceptors (Lipinski definition) is 3. The SMILES string of the molecule is COC(=O)C(C1CC1)n1cc(-c2ccccc2)cn1. The smallest absolute Gasteiger partial charge is 0.330 e. The first-order valence-corrected chi connectivity index (χ1v) is 6.47. The third-order valence-electron chi connectivity index (χ3n) is 3.50. The van der Waals surface area contributed by atoms with Crippen molar-refractivity contribution in [2.24, 2.45) is 5.92 Å². The molecule has 0 amide bonds. The summed E-state index contributed by atoms with van der Waals surface area (Å²) in [6.45, 7) is 0. The molecule has 1 saturated carbocycles. The lowest BCUT2D eigenvalue weighted by atomic mass is 10.1. The number of hydrogen-bond donors (Lipinski definition) is 0. The zero-order valence-electron chi connectivity index (χ0n) is 10.8. The molecule has 19 heavy (non-hydrogen) atoms. The molecule has 4 heteroatoms. The zero-order chi connectivity index (χ0) is 13.2. The number of carbonyl (C=O) groups excluding carboxylic acids is 1. The van der Waals surface area contributed by atoms with Gasteiger partial charge in [-0.3, -0.25) is 4.68 Å². The van der Waals surface area contributed by atoms with Crippen molar-refractivity contribution in [3.8, 4) is 11.1 Å². The molecule has 3 rings (SSSR count). The highest BCUT2D eigenvalue weighted by Crippen LogP contribution is 2.40. The summed E-state index contributed by atoms with van der Waals surface area (Å²) < 4.78 is 6.63. The highest BCUT2D eigenvalue weighted by molar-refractivity contribution is 5.75. The maximum absolute atomic E-state index is 11.9. The topological polar surface area (TPSA) is 44.1 Å². The predicted octanol–water partition coefficient (Wildman–Crippen LogP) is 2.67. The van der Waals surface area contributed by atoms with Crippen LogP contribution in [0.5, 0.6) is 0 Å². The van der Waals surface area contributed by atoms with Crippen molar-refractivity contribution in [3.63, 3.8) is 0 Å². The Balaban J connectivity index is 1.89. The van der Waals surface area contributed by atoms with Crippen molar-refractivity contribution in [1.82, 2.24) is 9.78 Å². The van der Waals surface area contributed by atoms with Gasteiger partial charge in [-0.25, -0.2) is 4.79 Å². The zero-order valence-corrected chi connectivity index (χ0v) is 10.8. The summed E-state index contributed by atoms with van der Waals surface area (Å²) in [5.41, 5.74) is 2.13. The Morgan fingerprint density at radius 2 is 2.05 bits per heavy atom. The van der Waals surface area contributed by atoms with Gasteiger partial charge in [-0.05, 0) is 24.3 Å². The fourth-order valence-corrected chi connectivity index (χ4v) is 2.32. The van der Waals surface area contributed by atoms with Crippen molar-refractivity contribution >= 4 is 5.97 Å². The van der Waals surface area contributed by atoms with E-state index in [0.29, 0.717) is 5.92 Å². The van der Waals surface area contributed by atoms with E-state index in [4.69, 9.17) is 4.74 Å². The Morgan fingerprint density at radius 3 is 2.68 bits per heavy atom. The molecule has 1 aromatic carbocycles. The molecular formula is C15H16N2O2. The molecule has 1 aliphatic carbocycles. The Labute approximate surface area is 112 Å². The fraction of sp³-hybridized carbons (Fsp3) is 0.333. The monoisotopic (exact) mass is 256 g/mol. The number of nitrogens with zero attached hydrogens (tertiary/aromatic N) is 2. The predicted molar refractivity (Wildman–Crippen MR) is 71.4 cm³/mol. The normalized spacial score (nSPS) is 16.1. The average Bonchev–Trinajstić information content (AvgIpc) is 3.16. The minimum atomic E-state index is -0.275. The molecule has 98 valence electrons. The Morgan fingerprint density at radius 1 is 1.32 bits per heavy atom. The quantitative estimate of drug-likeness (QED) is 0.790. The highest BCUT2D eigenvalue weighted by atomic mass is 16.5. The third kappa shape index (κ3) is 2.38. The lowest BCUT2D eigenvalue weighted by Gasteiger charge is -2.13. The van der Waals surface area contributed by atoms with E-state index in [2.05, 4.69) is 5.10 Å². The summed E-state index contributed by atoms with van der Waals surface area (Å²) in [5, 5.41) is 4.34. The number of methoxy groups -OCH3 is 1. The van der Waals surface area contributed by atoms with Crippen LogP contribution in [0.3, 0.4) is 0 Å². The van der Waals surface area contributed by atoms with Crippen LogP contribution >= 0.6 is 0 Å². The Hall–Kier alpha value is -2.10. The van der Waals surface area contributed by atoms with E-state index in [0.717, 1.165) is 24.0 Å². The maximum Gasteiger partial charge on any atom is 0.330 e. The lowest BCUT2D eigenvalue weighted by molar-refractivity contribution is -0.145. The van der Waals surface area contributed by atoms with E-state index in [-0.39, 0.29) is 12.0 Å². The second-order valence-electron chi connectivity index (χ2n) is 4.88. The fourth-order valence-electron chi connectivity index (χ4n) is 2.32. The van der Waals surface area contributed by atoms with E-state index in [1.54, 1.807) is 10.9 Å². The first kappa shape index (κ1) is 12.0. The van der Waals surface area contributed by atoms with E-state index in [1.165, 1.54) is 7.11 Å². The minimum absolute atomic E-state index is 0.204. The highest BCUT2D eigenvalue weighted by Gasteiger charge is 2.38. The molecule has 0 saturated heterocycles. The molecular weight excluding hydrogens is 240 g/mol. The number of aromatic nitrogens is 2. The molecule has 1 unspecified atom stereocenters. The van der Waals surface area contributed by atoms with E-state index >= 15 is 0 Å². The van der Waals surface area contributed by atoms with Gasteiger partial charge >= 0.3 is 5.97 Å². The molecule has 4 nitrogen and oxygen atoms in total. The summed E-state index contributed by atoms with van der Waals surface area (Å²) in [4.78, 5) is 11.9. The van der Waals surface area contributed by atoms with Gasteiger partial charge in [0, 0.05) is 11.8 Å². The van der Waals surface area contributed by atoms with Gasteiger partial charge in [0.1, 0.15) is 0 Å². The number of benzene rings is 1. The van der Waals surface area contributed by atoms with Crippen LogP contribution in [0, 0.1) is 5.92 Å². The van der Waals surface area contributed by atoms with Gasteiger partial charge < -0.3 is 4.74 Å². The average molecular weight is 256 g/mol. The van der Waals surface area contributed by atoms with E-state index in [9.17, 15) is 4.79 Å². The Bertz CT molecular complexity index is 573. The van der Waals surface area contributed by atoms with Crippen LogP contribution in [-0.4, -0.2) is 22.9 Å². The van der Waals surface area contributed by atoms with Gasteiger partial charge in [0.25, 0.3) is 0 Å². The van der Waals surface area contributed by atoms with Crippen LogP contribution in [-0.2, 0) is 9.53 Å². The van der Waals surface area contributed by atoms with Crippen molar-refractivity contribution in [3.05, 3.63) is 42.7 Å². The first-order chi connectivity index (χ1) is 9.29. The number of rotatable bonds is 4. The van der Waals surface area contributed by atoms with Crippen LogP contribution < -0.4 is 0 Å². The van der Waals surface area contributed by atoms with Gasteiger partial charge in [-0.2, -0.15) is 5.10 Å². The molecule has 0 radical (unpaired) electrons. The minimum Gasteiger partial charge on any atom is -0.467 e. The van der Waals surface area contributed by atoms with Crippen LogP contribution in [0.2, 0.25) is 0 Å². The summed E-state index contributed by atoms with van der Waals surface area (Å²) in [7, 11) is 1.43. The van der Waals surface area contributed by atoms with Gasteiger partial charge in [-0.15, -0.1) is 0 Å². The van der Waals surface area contributed by atoms with Crippen molar-refractivity contribution in [2.75, 3.05) is 7.11 Å². The molecule has 1 aromatic heterocycles. The van der Waals surface area contributed by atoms with E-state index < -0.39 is 0 Å². The van der Waals surface area contributed by atoms with Crippen LogP contribution in [0.25, 0.3) is 11.1 Å². The van der Waals surface area contributed by atoms with Gasteiger partial charge in [0.15, 0.2) is 6.04 Å². The van der Waals surface area contributed by atoms with Crippen molar-refractivity contribution in [1.29, 1.82) is 0 Å². The van der Waals surface area contributed by atoms with Gasteiger partial charge in [0.2, 0.25) is 0 Å². The molecule has 1 fully saturated rings. The third-order valence-corrected chi connectivity index (χ3v) is 3.50. The molecule has 1 heterocycles. The molecule has 0 spiro atoms. The molecule has 0 aliphatic heterocycles. The van der Waals surface area contributed by atoms with Crippen LogP contribution in [0.15, 0.2) is 42.7 Å². The number of ether oxygens (including phenoxy) is 1. The second kappa shape index (κ2) is 4.88. The van der Waals surface area contributed by atoms with Gasteiger partial charge in [0.05, 0.1) is 13.3 Å². The number of esters is 1. The summed E-state index contributed by atoms with van der Waals surface area (Å²) in [5.74, 6) is 0.168. The van der Waals surface area contributed by atoms with Crippen molar-refractivity contribution < 1.29 is 9.53 Å². The summed E-state index contributed by atoms with van der Waals surface area (Å²) in [6.07, 6.45) is 5.86. The van der Waals surface area contributed by atoms with E-state index in [1.807, 2.05) is 36.5 Å². The lowest BCUT2D eigenvalue weighted by Crippen LogP contribution is -2.23. The summed E-state index contributed by atoms with van der Waals surface area (Å²) in [6, 6.07) is 9.76. The molecule has 1 atom stereocenters. The first-order valence-electron chi connectivity index (χ1n) is 6.47.